The van der Waals surface area contributed by atoms with Crippen LogP contribution in [0.2, 0.25) is 0 Å². The highest BCUT2D eigenvalue weighted by Gasteiger charge is 2.34. The molecule has 7 nitrogen and oxygen atoms in total. The number of hydrogen-bond donors (Lipinski definition) is 1. The summed E-state index contributed by atoms with van der Waals surface area (Å²) in [5.74, 6) is 0.0170. The summed E-state index contributed by atoms with van der Waals surface area (Å²) in [5, 5.41) is 12.7. The minimum absolute atomic E-state index is 0.0562. The molecule has 9 heteroatoms. The van der Waals surface area contributed by atoms with Gasteiger partial charge in [0, 0.05) is 34.4 Å². The molecule has 2 aliphatic rings. The maximum Gasteiger partial charge on any atom is 0.332 e. The quantitative estimate of drug-likeness (QED) is 0.339. The molecule has 0 bridgehead atoms. The number of nitrogens with one attached hydrogen (secondary N) is 1. The van der Waals surface area contributed by atoms with Gasteiger partial charge in [0.25, 0.3) is 0 Å². The Balaban J connectivity index is 1.20. The van der Waals surface area contributed by atoms with Crippen LogP contribution in [-0.4, -0.2) is 28.7 Å². The van der Waals surface area contributed by atoms with Crippen molar-refractivity contribution in [1.29, 1.82) is 0 Å². The maximum atomic E-state index is 13.4. The fourth-order valence-electron chi connectivity index (χ4n) is 4.56. The highest BCUT2D eigenvalue weighted by atomic mass is 32.2. The normalized spacial score (nSPS) is 16.6. The lowest BCUT2D eigenvalue weighted by atomic mass is 10.1. The van der Waals surface area contributed by atoms with Crippen molar-refractivity contribution in [2.75, 3.05) is 21.7 Å². The molecule has 36 heavy (non-hydrogen) atoms. The fourth-order valence-corrected chi connectivity index (χ4v) is 6.44. The van der Waals surface area contributed by atoms with Crippen LogP contribution in [0.1, 0.15) is 29.8 Å². The van der Waals surface area contributed by atoms with Crippen molar-refractivity contribution >= 4 is 57.2 Å². The smallest absolute Gasteiger partial charge is 0.312 e. The largest absolute Gasteiger partial charge is 0.332 e. The van der Waals surface area contributed by atoms with Crippen LogP contribution < -0.4 is 15.1 Å². The summed E-state index contributed by atoms with van der Waals surface area (Å²) in [6.07, 6.45) is 1.34. The zero-order chi connectivity index (χ0) is 24.6. The number of benzene rings is 3. The number of urea groups is 1. The summed E-state index contributed by atoms with van der Waals surface area (Å²) in [6, 6.07) is 23.5. The van der Waals surface area contributed by atoms with Gasteiger partial charge in [-0.3, -0.25) is 15.0 Å². The van der Waals surface area contributed by atoms with E-state index in [4.69, 9.17) is 0 Å². The summed E-state index contributed by atoms with van der Waals surface area (Å²) in [4.78, 5) is 31.7. The van der Waals surface area contributed by atoms with Gasteiger partial charge in [-0.1, -0.05) is 66.4 Å². The van der Waals surface area contributed by atoms with E-state index in [2.05, 4.69) is 34.6 Å². The lowest BCUT2D eigenvalue weighted by Gasteiger charge is -2.30. The zero-order valence-electron chi connectivity index (χ0n) is 19.5. The van der Waals surface area contributed by atoms with Crippen LogP contribution in [0.4, 0.5) is 27.0 Å². The van der Waals surface area contributed by atoms with Crippen LogP contribution in [0.15, 0.2) is 82.6 Å². The number of fused-ring (bicyclic) bond motifs is 2. The number of aromatic nitrogens is 2. The Kier molecular flexibility index (Phi) is 5.94. The molecule has 4 aromatic rings. The molecule has 0 saturated carbocycles. The number of anilines is 4. The standard InChI is InChI=1S/C27H23N5O2S2/c1-2-17-11-13-19(14-12-17)31-16-18(15-24(31)33)25-29-30-26(36-25)28-27(34)32-20-7-3-5-9-22(20)35-23-10-6-4-8-21(23)32/h3-14,18H,2,15-16H2,1H3,(H,28,30,34). The van der Waals surface area contributed by atoms with E-state index in [1.54, 1.807) is 16.7 Å². The first-order chi connectivity index (χ1) is 17.6. The van der Waals surface area contributed by atoms with E-state index in [1.165, 1.54) is 16.9 Å². The first kappa shape index (κ1) is 22.8. The van der Waals surface area contributed by atoms with Crippen molar-refractivity contribution in [2.45, 2.75) is 35.5 Å². The van der Waals surface area contributed by atoms with Crippen LogP contribution in [0.5, 0.6) is 0 Å². The van der Waals surface area contributed by atoms with Gasteiger partial charge in [-0.05, 0) is 48.4 Å². The summed E-state index contributed by atoms with van der Waals surface area (Å²) in [7, 11) is 0. The van der Waals surface area contributed by atoms with Gasteiger partial charge in [0.05, 0.1) is 11.4 Å². The van der Waals surface area contributed by atoms with Crippen LogP contribution in [0.3, 0.4) is 0 Å². The molecule has 2 aliphatic heterocycles. The summed E-state index contributed by atoms with van der Waals surface area (Å²) < 4.78 is 0. The molecule has 1 aromatic heterocycles. The number of para-hydroxylation sites is 2. The molecule has 0 aliphatic carbocycles. The molecule has 1 unspecified atom stereocenters. The maximum absolute atomic E-state index is 13.4. The number of rotatable bonds is 4. The van der Waals surface area contributed by atoms with Gasteiger partial charge in [-0.25, -0.2) is 4.79 Å². The molecule has 3 heterocycles. The lowest BCUT2D eigenvalue weighted by molar-refractivity contribution is -0.117. The van der Waals surface area contributed by atoms with Crippen LogP contribution in [0, 0.1) is 0 Å². The predicted octanol–water partition coefficient (Wildman–Crippen LogP) is 6.46. The second kappa shape index (κ2) is 9.40. The van der Waals surface area contributed by atoms with Crippen LogP contribution in [-0.2, 0) is 11.2 Å². The Morgan fingerprint density at radius 2 is 1.64 bits per heavy atom. The molecular weight excluding hydrogens is 490 g/mol. The van der Waals surface area contributed by atoms with Crippen molar-refractivity contribution in [3.8, 4) is 0 Å². The first-order valence-corrected chi connectivity index (χ1v) is 13.4. The Morgan fingerprint density at radius 1 is 0.972 bits per heavy atom. The van der Waals surface area contributed by atoms with Gasteiger partial charge in [0.1, 0.15) is 5.01 Å². The Morgan fingerprint density at radius 3 is 2.31 bits per heavy atom. The average molecular weight is 514 g/mol. The Hall–Kier alpha value is -3.69. The Labute approximate surface area is 217 Å². The molecule has 0 spiro atoms. The van der Waals surface area contributed by atoms with Gasteiger partial charge in [-0.15, -0.1) is 10.2 Å². The van der Waals surface area contributed by atoms with E-state index in [0.717, 1.165) is 38.3 Å². The Bertz CT molecular complexity index is 1410. The minimum Gasteiger partial charge on any atom is -0.312 e. The zero-order valence-corrected chi connectivity index (χ0v) is 21.2. The van der Waals surface area contributed by atoms with Gasteiger partial charge < -0.3 is 4.90 Å². The first-order valence-electron chi connectivity index (χ1n) is 11.8. The fraction of sp³-hybridized carbons (Fsp3) is 0.185. The number of hydrogen-bond acceptors (Lipinski definition) is 6. The van der Waals surface area contributed by atoms with E-state index >= 15 is 0 Å². The third kappa shape index (κ3) is 4.14. The van der Waals surface area contributed by atoms with Crippen LogP contribution in [0.25, 0.3) is 0 Å². The van der Waals surface area contributed by atoms with Crippen molar-refractivity contribution in [3.05, 3.63) is 83.4 Å². The van der Waals surface area contributed by atoms with Crippen molar-refractivity contribution in [2.24, 2.45) is 0 Å². The molecular formula is C27H23N5O2S2. The number of amides is 3. The molecule has 180 valence electrons. The second-order valence-corrected chi connectivity index (χ2v) is 10.8. The molecule has 3 amide bonds. The van der Waals surface area contributed by atoms with Gasteiger partial charge in [0.2, 0.25) is 11.0 Å². The number of carbonyl (C=O) groups is 2. The van der Waals surface area contributed by atoms with E-state index in [-0.39, 0.29) is 17.9 Å². The van der Waals surface area contributed by atoms with E-state index in [0.29, 0.717) is 18.1 Å². The SMILES string of the molecule is CCc1ccc(N2CC(c3nnc(NC(=O)N4c5ccccc5Sc5ccccc54)s3)CC2=O)cc1. The predicted molar refractivity (Wildman–Crippen MR) is 144 cm³/mol. The third-order valence-corrected chi connectivity index (χ3v) is 8.55. The number of carbonyl (C=O) groups excluding carboxylic acids is 2. The van der Waals surface area contributed by atoms with Crippen molar-refractivity contribution < 1.29 is 9.59 Å². The highest BCUT2D eigenvalue weighted by molar-refractivity contribution is 7.99. The van der Waals surface area contributed by atoms with Gasteiger partial charge in [0.15, 0.2) is 0 Å². The minimum atomic E-state index is -0.293. The molecule has 1 saturated heterocycles. The number of aryl methyl sites for hydroxylation is 1. The number of nitrogens with zero attached hydrogens (tertiary/aromatic N) is 4. The molecule has 1 atom stereocenters. The van der Waals surface area contributed by atoms with E-state index in [9.17, 15) is 9.59 Å². The second-order valence-electron chi connectivity index (χ2n) is 8.67. The topological polar surface area (TPSA) is 78.4 Å². The van der Waals surface area contributed by atoms with Gasteiger partial charge in [-0.2, -0.15) is 0 Å². The molecule has 1 N–H and O–H groups in total. The average Bonchev–Trinajstić information content (AvgIpc) is 3.53. The third-order valence-electron chi connectivity index (χ3n) is 6.42. The van der Waals surface area contributed by atoms with Gasteiger partial charge >= 0.3 is 6.03 Å². The molecule has 1 fully saturated rings. The summed E-state index contributed by atoms with van der Waals surface area (Å²) >= 11 is 2.97. The van der Waals surface area contributed by atoms with Crippen LogP contribution >= 0.6 is 23.1 Å². The summed E-state index contributed by atoms with van der Waals surface area (Å²) in [6.45, 7) is 2.66. The molecule has 6 rings (SSSR count). The monoisotopic (exact) mass is 513 g/mol. The summed E-state index contributed by atoms with van der Waals surface area (Å²) in [5.41, 5.74) is 3.80. The lowest BCUT2D eigenvalue weighted by Crippen LogP contribution is -2.32. The molecule has 3 aromatic carbocycles. The highest BCUT2D eigenvalue weighted by Crippen LogP contribution is 2.48. The molecule has 0 radical (unpaired) electrons. The van der Waals surface area contributed by atoms with E-state index in [1.807, 2.05) is 65.6 Å². The van der Waals surface area contributed by atoms with E-state index < -0.39 is 0 Å². The van der Waals surface area contributed by atoms with Crippen molar-refractivity contribution in [3.63, 3.8) is 0 Å². The van der Waals surface area contributed by atoms with Crippen molar-refractivity contribution in [1.82, 2.24) is 10.2 Å².